The molecule has 19 heavy (non-hydrogen) atoms. The van der Waals surface area contributed by atoms with E-state index in [-0.39, 0.29) is 0 Å². The molecule has 0 fully saturated rings. The summed E-state index contributed by atoms with van der Waals surface area (Å²) >= 11 is 0. The Bertz CT molecular complexity index is 814. The van der Waals surface area contributed by atoms with E-state index in [9.17, 15) is 0 Å². The number of imidazole rings is 1. The summed E-state index contributed by atoms with van der Waals surface area (Å²) < 4.78 is 12.7. The molecule has 0 aromatic carbocycles. The lowest BCUT2D eigenvalue weighted by atomic mass is 10.3. The van der Waals surface area contributed by atoms with Crippen molar-refractivity contribution in [3.63, 3.8) is 0 Å². The van der Waals surface area contributed by atoms with Gasteiger partial charge in [-0.2, -0.15) is 0 Å². The van der Waals surface area contributed by atoms with Crippen LogP contribution in [0.5, 0.6) is 0 Å². The van der Waals surface area contributed by atoms with Crippen molar-refractivity contribution in [2.75, 3.05) is 0 Å². The number of rotatable bonds is 2. The van der Waals surface area contributed by atoms with E-state index >= 15 is 0 Å². The van der Waals surface area contributed by atoms with Gasteiger partial charge in [0.1, 0.15) is 11.4 Å². The second-order valence-electron chi connectivity index (χ2n) is 4.09. The molecule has 0 bridgehead atoms. The van der Waals surface area contributed by atoms with Crippen molar-refractivity contribution >= 4 is 5.65 Å². The highest BCUT2D eigenvalue weighted by Crippen LogP contribution is 2.26. The number of aromatic nitrogens is 3. The molecule has 0 radical (unpaired) electrons. The molecule has 0 unspecified atom stereocenters. The lowest BCUT2D eigenvalue weighted by Crippen LogP contribution is -1.94. The highest BCUT2D eigenvalue weighted by molar-refractivity contribution is 5.72. The van der Waals surface area contributed by atoms with E-state index in [1.165, 1.54) is 0 Å². The molecule has 4 rings (SSSR count). The largest absolute Gasteiger partial charge is 0.463 e. The van der Waals surface area contributed by atoms with E-state index in [0.29, 0.717) is 17.2 Å². The van der Waals surface area contributed by atoms with Crippen LogP contribution < -0.4 is 0 Å². The summed E-state index contributed by atoms with van der Waals surface area (Å²) in [4.78, 5) is 8.89. The second-order valence-corrected chi connectivity index (χ2v) is 4.09. The lowest BCUT2D eigenvalue weighted by Gasteiger charge is -2.03. The van der Waals surface area contributed by atoms with Crippen molar-refractivity contribution in [1.82, 2.24) is 14.4 Å². The van der Waals surface area contributed by atoms with Gasteiger partial charge in [-0.15, -0.1) is 0 Å². The molecular weight excluding hydrogens is 242 g/mol. The smallest absolute Gasteiger partial charge is 0.166 e. The van der Waals surface area contributed by atoms with Gasteiger partial charge in [0.2, 0.25) is 0 Å². The zero-order valence-electron chi connectivity index (χ0n) is 9.85. The first kappa shape index (κ1) is 10.1. The van der Waals surface area contributed by atoms with E-state index in [0.717, 1.165) is 11.3 Å². The van der Waals surface area contributed by atoms with Crippen LogP contribution in [0, 0.1) is 0 Å². The lowest BCUT2D eigenvalue weighted by molar-refractivity contribution is 0.575. The first-order chi connectivity index (χ1) is 9.42. The van der Waals surface area contributed by atoms with Crippen LogP contribution in [-0.2, 0) is 0 Å². The van der Waals surface area contributed by atoms with Crippen molar-refractivity contribution in [2.45, 2.75) is 0 Å². The molecule has 0 saturated carbocycles. The molecule has 0 N–H and O–H groups in total. The van der Waals surface area contributed by atoms with E-state index in [1.54, 1.807) is 18.7 Å². The Morgan fingerprint density at radius 3 is 2.53 bits per heavy atom. The Labute approximate surface area is 108 Å². The average Bonchev–Trinajstić information content (AvgIpc) is 3.18. The molecule has 4 heterocycles. The molecule has 5 heteroatoms. The molecule has 0 spiro atoms. The molecule has 4 aromatic rings. The van der Waals surface area contributed by atoms with Crippen LogP contribution >= 0.6 is 0 Å². The van der Waals surface area contributed by atoms with Gasteiger partial charge >= 0.3 is 0 Å². The molecule has 92 valence electrons. The van der Waals surface area contributed by atoms with Gasteiger partial charge in [0.15, 0.2) is 17.2 Å². The van der Waals surface area contributed by atoms with Crippen molar-refractivity contribution < 1.29 is 8.83 Å². The predicted octanol–water partition coefficient (Wildman–Crippen LogP) is 3.25. The van der Waals surface area contributed by atoms with Crippen molar-refractivity contribution in [3.05, 3.63) is 55.4 Å². The third-order valence-electron chi connectivity index (χ3n) is 2.90. The first-order valence-corrected chi connectivity index (χ1v) is 5.83. The monoisotopic (exact) mass is 251 g/mol. The average molecular weight is 251 g/mol. The molecule has 0 aliphatic heterocycles. The second kappa shape index (κ2) is 3.84. The fourth-order valence-corrected chi connectivity index (χ4v) is 2.05. The minimum Gasteiger partial charge on any atom is -0.463 e. The third-order valence-corrected chi connectivity index (χ3v) is 2.90. The summed E-state index contributed by atoms with van der Waals surface area (Å²) in [5.74, 6) is 1.40. The van der Waals surface area contributed by atoms with Crippen molar-refractivity contribution in [1.29, 1.82) is 0 Å². The van der Waals surface area contributed by atoms with Crippen LogP contribution in [0.15, 0.2) is 64.2 Å². The zero-order valence-corrected chi connectivity index (χ0v) is 9.85. The molecule has 5 nitrogen and oxygen atoms in total. The van der Waals surface area contributed by atoms with Crippen LogP contribution in [0.4, 0.5) is 0 Å². The Morgan fingerprint density at radius 2 is 1.79 bits per heavy atom. The van der Waals surface area contributed by atoms with Gasteiger partial charge in [0.25, 0.3) is 0 Å². The van der Waals surface area contributed by atoms with E-state index in [4.69, 9.17) is 8.83 Å². The van der Waals surface area contributed by atoms with Gasteiger partial charge in [0, 0.05) is 18.6 Å². The fraction of sp³-hybridized carbons (Fsp3) is 0. The highest BCUT2D eigenvalue weighted by Gasteiger charge is 2.13. The summed E-state index contributed by atoms with van der Waals surface area (Å²) in [6.45, 7) is 0. The van der Waals surface area contributed by atoms with Crippen LogP contribution in [-0.4, -0.2) is 14.4 Å². The van der Waals surface area contributed by atoms with Gasteiger partial charge in [-0.05, 0) is 24.3 Å². The van der Waals surface area contributed by atoms with Gasteiger partial charge in [-0.1, -0.05) is 0 Å². The van der Waals surface area contributed by atoms with Crippen LogP contribution in [0.3, 0.4) is 0 Å². The summed E-state index contributed by atoms with van der Waals surface area (Å²) in [7, 11) is 0. The summed E-state index contributed by atoms with van der Waals surface area (Å²) in [5.41, 5.74) is 2.19. The first-order valence-electron chi connectivity index (χ1n) is 5.83. The molecule has 0 saturated heterocycles. The Kier molecular flexibility index (Phi) is 2.05. The summed E-state index contributed by atoms with van der Waals surface area (Å²) in [5, 5.41) is 0. The predicted molar refractivity (Wildman–Crippen MR) is 68.4 cm³/mol. The molecular formula is C14H9N3O2. The third kappa shape index (κ3) is 1.55. The Hall–Kier alpha value is -2.82. The maximum absolute atomic E-state index is 5.42. The zero-order chi connectivity index (χ0) is 12.7. The highest BCUT2D eigenvalue weighted by atomic mass is 16.3. The van der Waals surface area contributed by atoms with Gasteiger partial charge in [-0.25, -0.2) is 9.97 Å². The van der Waals surface area contributed by atoms with E-state index < -0.39 is 0 Å². The van der Waals surface area contributed by atoms with Crippen LogP contribution in [0.25, 0.3) is 28.6 Å². The maximum Gasteiger partial charge on any atom is 0.166 e. The van der Waals surface area contributed by atoms with Gasteiger partial charge in [-0.3, -0.25) is 0 Å². The molecule has 0 atom stereocenters. The number of hydrogen-bond acceptors (Lipinski definition) is 4. The molecule has 4 aromatic heterocycles. The summed E-state index contributed by atoms with van der Waals surface area (Å²) in [6, 6.07) is 7.40. The standard InChI is InChI=1S/C14H9N3O2/c1-3-11(18-7-1)10-9-17-6-5-15-14(17)13(16-10)12-4-2-8-19-12/h1-9H. The van der Waals surface area contributed by atoms with Gasteiger partial charge < -0.3 is 13.2 Å². The normalized spacial score (nSPS) is 11.2. The quantitative estimate of drug-likeness (QED) is 0.548. The Morgan fingerprint density at radius 1 is 1.00 bits per heavy atom. The van der Waals surface area contributed by atoms with E-state index in [2.05, 4.69) is 9.97 Å². The van der Waals surface area contributed by atoms with Crippen molar-refractivity contribution in [2.24, 2.45) is 0 Å². The molecule has 0 amide bonds. The van der Waals surface area contributed by atoms with Gasteiger partial charge in [0.05, 0.1) is 12.5 Å². The minimum atomic E-state index is 0.685. The SMILES string of the molecule is c1coc(-c2cn3ccnc3c(-c3ccco3)n2)c1. The van der Waals surface area contributed by atoms with Crippen molar-refractivity contribution in [3.8, 4) is 22.9 Å². The fourth-order valence-electron chi connectivity index (χ4n) is 2.05. The number of hydrogen-bond donors (Lipinski definition) is 0. The topological polar surface area (TPSA) is 56.5 Å². The van der Waals surface area contributed by atoms with Crippen LogP contribution in [0.1, 0.15) is 0 Å². The Balaban J connectivity index is 2.03. The number of furan rings is 2. The minimum absolute atomic E-state index is 0.685. The molecule has 0 aliphatic carbocycles. The maximum atomic E-state index is 5.42. The molecule has 0 aliphatic rings. The number of nitrogens with zero attached hydrogens (tertiary/aromatic N) is 3. The van der Waals surface area contributed by atoms with E-state index in [1.807, 2.05) is 41.1 Å². The van der Waals surface area contributed by atoms with Crippen LogP contribution in [0.2, 0.25) is 0 Å². The summed E-state index contributed by atoms with van der Waals surface area (Å²) in [6.07, 6.45) is 8.73. The number of fused-ring (bicyclic) bond motifs is 1.